The van der Waals surface area contributed by atoms with Gasteiger partial charge in [-0.05, 0) is 12.1 Å². The standard InChI is InChI=1S/C12H8F6N2O3/c13-11(14,15)8(5-9(22)12(16,17)18)19-20-10(23)6-3-1-2-4-7(6)21/h1-4,21H,5H2,(H,20,23). The van der Waals surface area contributed by atoms with E-state index in [0.717, 1.165) is 12.1 Å². The van der Waals surface area contributed by atoms with E-state index in [-0.39, 0.29) is 0 Å². The average molecular weight is 342 g/mol. The lowest BCUT2D eigenvalue weighted by atomic mass is 10.2. The number of carbonyl (C=O) groups excluding carboxylic acids is 2. The van der Waals surface area contributed by atoms with Crippen LogP contribution in [0.4, 0.5) is 26.3 Å². The van der Waals surface area contributed by atoms with Crippen molar-refractivity contribution in [3.05, 3.63) is 29.8 Å². The number of Topliss-reactive ketones (excluding diaryl/α,β-unsaturated/α-hetero) is 1. The summed E-state index contributed by atoms with van der Waals surface area (Å²) in [5, 5.41) is 11.8. The van der Waals surface area contributed by atoms with Crippen LogP contribution in [0.25, 0.3) is 0 Å². The Morgan fingerprint density at radius 3 is 2.09 bits per heavy atom. The lowest BCUT2D eigenvalue weighted by Gasteiger charge is -2.11. The first-order valence-corrected chi connectivity index (χ1v) is 5.75. The number of nitrogens with zero attached hydrogens (tertiary/aromatic N) is 1. The summed E-state index contributed by atoms with van der Waals surface area (Å²) in [6.07, 6.45) is -12.9. The third-order valence-corrected chi connectivity index (χ3v) is 2.41. The Morgan fingerprint density at radius 2 is 1.61 bits per heavy atom. The monoisotopic (exact) mass is 342 g/mol. The highest BCUT2D eigenvalue weighted by Crippen LogP contribution is 2.24. The van der Waals surface area contributed by atoms with Crippen LogP contribution in [0.2, 0.25) is 0 Å². The molecule has 0 saturated heterocycles. The van der Waals surface area contributed by atoms with E-state index < -0.39 is 47.5 Å². The highest BCUT2D eigenvalue weighted by molar-refractivity contribution is 6.07. The minimum absolute atomic E-state index is 0.445. The number of hydrogen-bond acceptors (Lipinski definition) is 4. The van der Waals surface area contributed by atoms with Crippen molar-refractivity contribution < 1.29 is 41.0 Å². The average Bonchev–Trinajstić information content (AvgIpc) is 2.40. The van der Waals surface area contributed by atoms with Gasteiger partial charge in [-0.3, -0.25) is 9.59 Å². The van der Waals surface area contributed by atoms with Gasteiger partial charge in [0, 0.05) is 0 Å². The van der Waals surface area contributed by atoms with Crippen LogP contribution in [0.3, 0.4) is 0 Å². The maximum Gasteiger partial charge on any atom is 0.450 e. The number of para-hydroxylation sites is 1. The van der Waals surface area contributed by atoms with Crippen LogP contribution in [0.1, 0.15) is 16.8 Å². The summed E-state index contributed by atoms with van der Waals surface area (Å²) in [5.74, 6) is -4.52. The molecule has 0 aromatic heterocycles. The first-order valence-electron chi connectivity index (χ1n) is 5.75. The number of carbonyl (C=O) groups is 2. The molecule has 1 aromatic rings. The van der Waals surface area contributed by atoms with E-state index in [1.165, 1.54) is 17.6 Å². The van der Waals surface area contributed by atoms with Crippen LogP contribution < -0.4 is 5.43 Å². The van der Waals surface area contributed by atoms with Crippen molar-refractivity contribution >= 4 is 17.4 Å². The maximum atomic E-state index is 12.5. The van der Waals surface area contributed by atoms with Gasteiger partial charge in [0.25, 0.3) is 5.91 Å². The molecule has 2 N–H and O–H groups in total. The molecule has 11 heteroatoms. The minimum Gasteiger partial charge on any atom is -0.507 e. The fourth-order valence-electron chi connectivity index (χ4n) is 1.30. The lowest BCUT2D eigenvalue weighted by molar-refractivity contribution is -0.170. The predicted molar refractivity (Wildman–Crippen MR) is 64.7 cm³/mol. The van der Waals surface area contributed by atoms with Crippen LogP contribution in [-0.2, 0) is 4.79 Å². The van der Waals surface area contributed by atoms with Gasteiger partial charge >= 0.3 is 12.4 Å². The summed E-state index contributed by atoms with van der Waals surface area (Å²) in [4.78, 5) is 22.2. The van der Waals surface area contributed by atoms with Crippen LogP contribution in [0, 0.1) is 0 Å². The highest BCUT2D eigenvalue weighted by Gasteiger charge is 2.45. The number of nitrogens with one attached hydrogen (secondary N) is 1. The third-order valence-electron chi connectivity index (χ3n) is 2.41. The maximum absolute atomic E-state index is 12.5. The molecule has 0 spiro atoms. The van der Waals surface area contributed by atoms with Gasteiger partial charge in [-0.1, -0.05) is 12.1 Å². The van der Waals surface area contributed by atoms with Crippen molar-refractivity contribution in [1.29, 1.82) is 0 Å². The Kier molecular flexibility index (Phi) is 5.35. The van der Waals surface area contributed by atoms with Crippen LogP contribution >= 0.6 is 0 Å². The Balaban J connectivity index is 2.97. The molecule has 126 valence electrons. The van der Waals surface area contributed by atoms with E-state index >= 15 is 0 Å². The molecule has 0 aliphatic heterocycles. The molecule has 0 atom stereocenters. The zero-order valence-corrected chi connectivity index (χ0v) is 11.0. The topological polar surface area (TPSA) is 78.8 Å². The number of phenols is 1. The number of hydrazone groups is 1. The quantitative estimate of drug-likeness (QED) is 0.501. The first kappa shape index (κ1) is 18.5. The summed E-state index contributed by atoms with van der Waals surface area (Å²) >= 11 is 0. The van der Waals surface area contributed by atoms with E-state index in [2.05, 4.69) is 5.10 Å². The molecule has 0 fully saturated rings. The Bertz CT molecular complexity index is 636. The second kappa shape index (κ2) is 6.67. The van der Waals surface area contributed by atoms with E-state index in [4.69, 9.17) is 0 Å². The predicted octanol–water partition coefficient (Wildman–Crippen LogP) is 2.56. The number of phenolic OH excluding ortho intramolecular Hbond substituents is 1. The molecular formula is C12H8F6N2O3. The number of hydrogen-bond donors (Lipinski definition) is 2. The molecule has 1 amide bonds. The number of aromatic hydroxyl groups is 1. The van der Waals surface area contributed by atoms with E-state index in [1.807, 2.05) is 0 Å². The first-order chi connectivity index (χ1) is 10.4. The van der Waals surface area contributed by atoms with Crippen molar-refractivity contribution in [2.75, 3.05) is 0 Å². The van der Waals surface area contributed by atoms with Crippen molar-refractivity contribution in [2.24, 2.45) is 5.10 Å². The van der Waals surface area contributed by atoms with Crippen molar-refractivity contribution in [3.63, 3.8) is 0 Å². The molecule has 0 radical (unpaired) electrons. The molecular weight excluding hydrogens is 334 g/mol. The van der Waals surface area contributed by atoms with E-state index in [1.54, 1.807) is 0 Å². The Labute approximate surface area is 124 Å². The summed E-state index contributed by atoms with van der Waals surface area (Å²) in [5.41, 5.74) is -1.21. The van der Waals surface area contributed by atoms with Gasteiger partial charge in [0.1, 0.15) is 11.5 Å². The number of rotatable bonds is 4. The van der Waals surface area contributed by atoms with E-state index in [9.17, 15) is 41.0 Å². The van der Waals surface area contributed by atoms with Gasteiger partial charge in [-0.15, -0.1) is 0 Å². The van der Waals surface area contributed by atoms with Gasteiger partial charge in [0.2, 0.25) is 5.78 Å². The van der Waals surface area contributed by atoms with Gasteiger partial charge in [0.15, 0.2) is 0 Å². The lowest BCUT2D eigenvalue weighted by Crippen LogP contribution is -2.34. The van der Waals surface area contributed by atoms with Crippen LogP contribution in [0.5, 0.6) is 5.75 Å². The summed E-state index contributed by atoms with van der Waals surface area (Å²) in [7, 11) is 0. The molecule has 0 aliphatic rings. The number of benzene rings is 1. The van der Waals surface area contributed by atoms with Crippen LogP contribution in [0.15, 0.2) is 29.4 Å². The molecule has 1 rings (SSSR count). The number of halogens is 6. The van der Waals surface area contributed by atoms with E-state index in [0.29, 0.717) is 0 Å². The number of alkyl halides is 6. The SMILES string of the molecule is O=C(NN=C(CC(=O)C(F)(F)F)C(F)(F)F)c1ccccc1O. The zero-order valence-electron chi connectivity index (χ0n) is 11.0. The summed E-state index contributed by atoms with van der Waals surface area (Å²) in [6, 6.07) is 4.74. The van der Waals surface area contributed by atoms with Gasteiger partial charge in [-0.25, -0.2) is 5.43 Å². The molecule has 0 heterocycles. The molecule has 0 saturated carbocycles. The Morgan fingerprint density at radius 1 is 1.04 bits per heavy atom. The summed E-state index contributed by atoms with van der Waals surface area (Å²) < 4.78 is 73.7. The van der Waals surface area contributed by atoms with Crippen molar-refractivity contribution in [2.45, 2.75) is 18.8 Å². The van der Waals surface area contributed by atoms with Gasteiger partial charge in [0.05, 0.1) is 12.0 Å². The van der Waals surface area contributed by atoms with Crippen molar-refractivity contribution in [3.8, 4) is 5.75 Å². The smallest absolute Gasteiger partial charge is 0.450 e. The molecule has 0 unspecified atom stereocenters. The van der Waals surface area contributed by atoms with Gasteiger partial charge < -0.3 is 5.11 Å². The molecule has 0 bridgehead atoms. The summed E-state index contributed by atoms with van der Waals surface area (Å²) in [6.45, 7) is 0. The molecule has 5 nitrogen and oxygen atoms in total. The zero-order chi connectivity index (χ0) is 17.8. The second-order valence-corrected chi connectivity index (χ2v) is 4.11. The fourth-order valence-corrected chi connectivity index (χ4v) is 1.30. The Hall–Kier alpha value is -2.59. The van der Waals surface area contributed by atoms with Gasteiger partial charge in [-0.2, -0.15) is 31.4 Å². The molecule has 23 heavy (non-hydrogen) atoms. The third kappa shape index (κ3) is 5.27. The largest absolute Gasteiger partial charge is 0.507 e. The number of ketones is 1. The second-order valence-electron chi connectivity index (χ2n) is 4.11. The minimum atomic E-state index is -5.46. The highest BCUT2D eigenvalue weighted by atomic mass is 19.4. The fraction of sp³-hybridized carbons (Fsp3) is 0.250. The van der Waals surface area contributed by atoms with Crippen molar-refractivity contribution in [1.82, 2.24) is 5.43 Å². The normalized spacial score (nSPS) is 12.9. The molecule has 0 aliphatic carbocycles. The molecule has 1 aromatic carbocycles. The van der Waals surface area contributed by atoms with Crippen LogP contribution in [-0.4, -0.2) is 34.9 Å². The number of amides is 1.